The average Bonchev–Trinajstić information content (AvgIpc) is 2.26. The number of fused-ring (bicyclic) bond motifs is 1. The molecule has 3 atom stereocenters. The minimum absolute atomic E-state index is 0.0153. The number of rotatable bonds is 1. The number of carbonyl (C=O) groups excluding carboxylic acids is 1. The molecule has 3 nitrogen and oxygen atoms in total. The Hall–Kier alpha value is -0.570. The van der Waals surface area contributed by atoms with E-state index in [9.17, 15) is 4.79 Å². The lowest BCUT2D eigenvalue weighted by atomic mass is 9.74. The number of esters is 1. The number of piperidine rings is 1. The summed E-state index contributed by atoms with van der Waals surface area (Å²) in [5, 5.41) is 3.58. The zero-order chi connectivity index (χ0) is 12.5. The molecule has 2 fully saturated rings. The van der Waals surface area contributed by atoms with Crippen LogP contribution in [0.2, 0.25) is 0 Å². The van der Waals surface area contributed by atoms with Gasteiger partial charge in [0.15, 0.2) is 0 Å². The first-order valence-corrected chi connectivity index (χ1v) is 6.92. The molecule has 0 aromatic heterocycles. The van der Waals surface area contributed by atoms with Gasteiger partial charge in [0.2, 0.25) is 0 Å². The maximum absolute atomic E-state index is 12.0. The number of ether oxygens (including phenoxy) is 1. The summed E-state index contributed by atoms with van der Waals surface area (Å²) in [6.07, 6.45) is 5.67. The molecule has 1 aliphatic carbocycles. The third kappa shape index (κ3) is 3.44. The van der Waals surface area contributed by atoms with Crippen molar-refractivity contribution in [2.75, 3.05) is 6.54 Å². The standard InChI is InChI=1S/C14H25NO2/c1-14(2,3)17-13(16)11-6-7-12-10(9-11)5-4-8-15-12/h10-12,15H,4-9H2,1-3H3. The monoisotopic (exact) mass is 239 g/mol. The summed E-state index contributed by atoms with van der Waals surface area (Å²) in [6, 6.07) is 0.655. The lowest BCUT2D eigenvalue weighted by molar-refractivity contribution is -0.162. The van der Waals surface area contributed by atoms with Crippen LogP contribution in [-0.4, -0.2) is 24.2 Å². The van der Waals surface area contributed by atoms with Gasteiger partial charge in [0, 0.05) is 6.04 Å². The Balaban J connectivity index is 1.89. The summed E-state index contributed by atoms with van der Waals surface area (Å²) >= 11 is 0. The SMILES string of the molecule is CC(C)(C)OC(=O)C1CCC2NCCCC2C1. The third-order valence-electron chi connectivity index (χ3n) is 3.88. The molecule has 1 aliphatic heterocycles. The molecule has 1 saturated heterocycles. The Bertz CT molecular complexity index is 282. The zero-order valence-corrected chi connectivity index (χ0v) is 11.3. The second-order valence-corrected chi connectivity index (χ2v) is 6.51. The molecule has 1 N–H and O–H groups in total. The average molecular weight is 239 g/mol. The number of nitrogens with one attached hydrogen (secondary N) is 1. The van der Waals surface area contributed by atoms with E-state index in [0.717, 1.165) is 25.8 Å². The Kier molecular flexibility index (Phi) is 3.76. The molecule has 3 heteroatoms. The molecule has 1 saturated carbocycles. The van der Waals surface area contributed by atoms with Crippen molar-refractivity contribution in [2.24, 2.45) is 11.8 Å². The molecular weight excluding hydrogens is 214 g/mol. The van der Waals surface area contributed by atoms with Crippen molar-refractivity contribution in [3.05, 3.63) is 0 Å². The number of carbonyl (C=O) groups is 1. The lowest BCUT2D eigenvalue weighted by Gasteiger charge is -2.39. The van der Waals surface area contributed by atoms with Crippen LogP contribution in [0.3, 0.4) is 0 Å². The first kappa shape index (κ1) is 12.9. The molecule has 0 bridgehead atoms. The van der Waals surface area contributed by atoms with E-state index in [1.807, 2.05) is 20.8 Å². The summed E-state index contributed by atoms with van der Waals surface area (Å²) < 4.78 is 5.50. The van der Waals surface area contributed by atoms with Crippen LogP contribution >= 0.6 is 0 Å². The van der Waals surface area contributed by atoms with Gasteiger partial charge in [-0.05, 0) is 65.3 Å². The van der Waals surface area contributed by atoms with Gasteiger partial charge in [0.05, 0.1) is 5.92 Å². The molecule has 17 heavy (non-hydrogen) atoms. The summed E-state index contributed by atoms with van der Waals surface area (Å²) in [7, 11) is 0. The minimum atomic E-state index is -0.348. The fraction of sp³-hybridized carbons (Fsp3) is 0.929. The quantitative estimate of drug-likeness (QED) is 0.714. The largest absolute Gasteiger partial charge is 0.460 e. The summed E-state index contributed by atoms with van der Waals surface area (Å²) in [6.45, 7) is 6.98. The lowest BCUT2D eigenvalue weighted by Crippen LogP contribution is -2.46. The molecule has 0 radical (unpaired) electrons. The maximum Gasteiger partial charge on any atom is 0.309 e. The summed E-state index contributed by atoms with van der Waals surface area (Å²) in [5.41, 5.74) is -0.348. The van der Waals surface area contributed by atoms with Gasteiger partial charge in [-0.3, -0.25) is 4.79 Å². The molecule has 1 heterocycles. The van der Waals surface area contributed by atoms with Gasteiger partial charge >= 0.3 is 5.97 Å². The predicted octanol–water partition coefficient (Wildman–Crippen LogP) is 2.50. The zero-order valence-electron chi connectivity index (χ0n) is 11.3. The highest BCUT2D eigenvalue weighted by atomic mass is 16.6. The van der Waals surface area contributed by atoms with Crippen molar-refractivity contribution in [1.82, 2.24) is 5.32 Å². The maximum atomic E-state index is 12.0. The van der Waals surface area contributed by atoms with Crippen LogP contribution in [0.25, 0.3) is 0 Å². The van der Waals surface area contributed by atoms with Crippen molar-refractivity contribution in [1.29, 1.82) is 0 Å². The second kappa shape index (κ2) is 4.97. The van der Waals surface area contributed by atoms with E-state index in [2.05, 4.69) is 5.32 Å². The minimum Gasteiger partial charge on any atom is -0.460 e. The van der Waals surface area contributed by atoms with Crippen LogP contribution in [-0.2, 0) is 9.53 Å². The molecule has 2 rings (SSSR count). The molecule has 98 valence electrons. The van der Waals surface area contributed by atoms with Gasteiger partial charge in [-0.15, -0.1) is 0 Å². The van der Waals surface area contributed by atoms with Gasteiger partial charge in [0.25, 0.3) is 0 Å². The van der Waals surface area contributed by atoms with Crippen molar-refractivity contribution in [3.63, 3.8) is 0 Å². The first-order chi connectivity index (χ1) is 7.96. The highest BCUT2D eigenvalue weighted by molar-refractivity contribution is 5.73. The first-order valence-electron chi connectivity index (χ1n) is 6.92. The van der Waals surface area contributed by atoms with Gasteiger partial charge in [0.1, 0.15) is 5.60 Å². The van der Waals surface area contributed by atoms with Crippen molar-refractivity contribution in [2.45, 2.75) is 64.5 Å². The highest BCUT2D eigenvalue weighted by Crippen LogP contribution is 2.35. The molecule has 2 aliphatic rings. The molecule has 0 spiro atoms. The van der Waals surface area contributed by atoms with E-state index in [1.165, 1.54) is 12.8 Å². The van der Waals surface area contributed by atoms with E-state index < -0.39 is 0 Å². The van der Waals surface area contributed by atoms with Crippen molar-refractivity contribution in [3.8, 4) is 0 Å². The Labute approximate surface area is 104 Å². The molecule has 3 unspecified atom stereocenters. The van der Waals surface area contributed by atoms with E-state index in [0.29, 0.717) is 12.0 Å². The molecule has 0 aromatic carbocycles. The topological polar surface area (TPSA) is 38.3 Å². The van der Waals surface area contributed by atoms with Crippen LogP contribution in [0.5, 0.6) is 0 Å². The van der Waals surface area contributed by atoms with Gasteiger partial charge < -0.3 is 10.1 Å². The van der Waals surface area contributed by atoms with Crippen LogP contribution in [0.1, 0.15) is 52.9 Å². The van der Waals surface area contributed by atoms with Crippen LogP contribution in [0, 0.1) is 11.8 Å². The molecule has 0 amide bonds. The Morgan fingerprint density at radius 2 is 2.00 bits per heavy atom. The van der Waals surface area contributed by atoms with E-state index in [1.54, 1.807) is 0 Å². The van der Waals surface area contributed by atoms with Crippen LogP contribution in [0.15, 0.2) is 0 Å². The van der Waals surface area contributed by atoms with Gasteiger partial charge in [-0.2, -0.15) is 0 Å². The summed E-state index contributed by atoms with van der Waals surface area (Å²) in [5.74, 6) is 0.840. The normalized spacial score (nSPS) is 33.9. The van der Waals surface area contributed by atoms with Gasteiger partial charge in [-0.1, -0.05) is 0 Å². The van der Waals surface area contributed by atoms with E-state index >= 15 is 0 Å². The van der Waals surface area contributed by atoms with Crippen molar-refractivity contribution >= 4 is 5.97 Å². The summed E-state index contributed by atoms with van der Waals surface area (Å²) in [4.78, 5) is 12.0. The molecular formula is C14H25NO2. The fourth-order valence-corrected chi connectivity index (χ4v) is 3.10. The Morgan fingerprint density at radius 3 is 2.71 bits per heavy atom. The smallest absolute Gasteiger partial charge is 0.309 e. The van der Waals surface area contributed by atoms with Crippen molar-refractivity contribution < 1.29 is 9.53 Å². The fourth-order valence-electron chi connectivity index (χ4n) is 3.10. The number of hydrogen-bond acceptors (Lipinski definition) is 3. The highest BCUT2D eigenvalue weighted by Gasteiger charge is 2.36. The Morgan fingerprint density at radius 1 is 1.24 bits per heavy atom. The number of hydrogen-bond donors (Lipinski definition) is 1. The van der Waals surface area contributed by atoms with E-state index in [4.69, 9.17) is 4.74 Å². The van der Waals surface area contributed by atoms with Crippen LogP contribution in [0.4, 0.5) is 0 Å². The predicted molar refractivity (Wildman–Crippen MR) is 67.7 cm³/mol. The third-order valence-corrected chi connectivity index (χ3v) is 3.88. The van der Waals surface area contributed by atoms with Crippen LogP contribution < -0.4 is 5.32 Å². The van der Waals surface area contributed by atoms with E-state index in [-0.39, 0.29) is 17.5 Å². The van der Waals surface area contributed by atoms with Gasteiger partial charge in [-0.25, -0.2) is 0 Å². The second-order valence-electron chi connectivity index (χ2n) is 6.51. The molecule has 0 aromatic rings.